The van der Waals surface area contributed by atoms with Crippen LogP contribution in [0.3, 0.4) is 0 Å². The maximum absolute atomic E-state index is 13.7. The minimum Gasteiger partial charge on any atom is -0.494 e. The van der Waals surface area contributed by atoms with E-state index in [4.69, 9.17) is 4.74 Å². The second kappa shape index (κ2) is 5.29. The predicted molar refractivity (Wildman–Crippen MR) is 77.2 cm³/mol. The first-order valence-corrected chi connectivity index (χ1v) is 7.28. The van der Waals surface area contributed by atoms with Gasteiger partial charge in [0.15, 0.2) is 17.3 Å². The second-order valence-electron chi connectivity index (χ2n) is 4.61. The molecule has 1 heterocycles. The van der Waals surface area contributed by atoms with E-state index >= 15 is 0 Å². The average Bonchev–Trinajstić information content (AvgIpc) is 2.90. The zero-order chi connectivity index (χ0) is 14.1. The van der Waals surface area contributed by atoms with E-state index in [2.05, 4.69) is 0 Å². The molecule has 1 aliphatic heterocycles. The molecule has 0 radical (unpaired) electrons. The monoisotopic (exact) mass is 288 g/mol. The van der Waals surface area contributed by atoms with Crippen molar-refractivity contribution in [3.63, 3.8) is 0 Å². The van der Waals surface area contributed by atoms with Crippen LogP contribution >= 0.6 is 11.8 Å². The predicted octanol–water partition coefficient (Wildman–Crippen LogP) is 3.91. The fourth-order valence-corrected chi connectivity index (χ4v) is 3.63. The molecule has 1 unspecified atom stereocenters. The highest BCUT2D eigenvalue weighted by Crippen LogP contribution is 2.41. The van der Waals surface area contributed by atoms with Crippen LogP contribution in [-0.2, 0) is 0 Å². The molecule has 2 aromatic rings. The maximum Gasteiger partial charge on any atom is 0.171 e. The maximum atomic E-state index is 13.7. The lowest BCUT2D eigenvalue weighted by Crippen LogP contribution is -2.12. The van der Waals surface area contributed by atoms with Crippen molar-refractivity contribution in [2.45, 2.75) is 10.8 Å². The number of thioether (sulfide) groups is 1. The fraction of sp³-hybridized carbons (Fsp3) is 0.188. The van der Waals surface area contributed by atoms with Gasteiger partial charge in [-0.1, -0.05) is 18.2 Å². The van der Waals surface area contributed by atoms with Crippen molar-refractivity contribution >= 4 is 17.5 Å². The van der Waals surface area contributed by atoms with Crippen molar-refractivity contribution in [3.8, 4) is 5.75 Å². The Balaban J connectivity index is 1.93. The standard InChI is InChI=1S/C16H13FO2S/c1-19-14-7-6-10(8-13(14)17)16(18)12-9-20-15-5-3-2-4-11(12)15/h2-8,12H,9H2,1H3. The van der Waals surface area contributed by atoms with Gasteiger partial charge in [-0.2, -0.15) is 0 Å². The van der Waals surface area contributed by atoms with Crippen molar-refractivity contribution in [1.82, 2.24) is 0 Å². The Morgan fingerprint density at radius 1 is 1.30 bits per heavy atom. The van der Waals surface area contributed by atoms with Crippen molar-refractivity contribution in [1.29, 1.82) is 0 Å². The van der Waals surface area contributed by atoms with Crippen molar-refractivity contribution in [2.75, 3.05) is 12.9 Å². The van der Waals surface area contributed by atoms with E-state index in [1.807, 2.05) is 24.3 Å². The molecule has 102 valence electrons. The van der Waals surface area contributed by atoms with Gasteiger partial charge < -0.3 is 4.74 Å². The highest BCUT2D eigenvalue weighted by atomic mass is 32.2. The molecule has 0 fully saturated rings. The Morgan fingerprint density at radius 2 is 2.10 bits per heavy atom. The summed E-state index contributed by atoms with van der Waals surface area (Å²) in [5, 5.41) is 0. The Hall–Kier alpha value is -1.81. The molecule has 1 atom stereocenters. The van der Waals surface area contributed by atoms with Gasteiger partial charge in [-0.3, -0.25) is 4.79 Å². The summed E-state index contributed by atoms with van der Waals surface area (Å²) < 4.78 is 18.6. The molecule has 20 heavy (non-hydrogen) atoms. The molecule has 0 amide bonds. The SMILES string of the molecule is COc1ccc(C(=O)C2CSc3ccccc32)cc1F. The first kappa shape index (κ1) is 13.2. The fourth-order valence-electron chi connectivity index (χ4n) is 2.40. The van der Waals surface area contributed by atoms with E-state index in [1.165, 1.54) is 19.2 Å². The Labute approximate surface area is 121 Å². The van der Waals surface area contributed by atoms with Gasteiger partial charge >= 0.3 is 0 Å². The molecule has 1 aliphatic rings. The Morgan fingerprint density at radius 3 is 2.85 bits per heavy atom. The van der Waals surface area contributed by atoms with Crippen molar-refractivity contribution in [3.05, 3.63) is 59.4 Å². The number of methoxy groups -OCH3 is 1. The van der Waals surface area contributed by atoms with Crippen LogP contribution in [0.2, 0.25) is 0 Å². The summed E-state index contributed by atoms with van der Waals surface area (Å²) in [6.45, 7) is 0. The zero-order valence-corrected chi connectivity index (χ0v) is 11.7. The number of fused-ring (bicyclic) bond motifs is 1. The van der Waals surface area contributed by atoms with E-state index in [-0.39, 0.29) is 17.5 Å². The van der Waals surface area contributed by atoms with Gasteiger partial charge in [0.1, 0.15) is 0 Å². The lowest BCUT2D eigenvalue weighted by atomic mass is 9.92. The molecule has 0 saturated heterocycles. The Bertz CT molecular complexity index is 669. The molecular weight excluding hydrogens is 275 g/mol. The van der Waals surface area contributed by atoms with Gasteiger partial charge in [-0.15, -0.1) is 11.8 Å². The number of ether oxygens (including phenoxy) is 1. The number of hydrogen-bond acceptors (Lipinski definition) is 3. The van der Waals surface area contributed by atoms with Gasteiger partial charge in [0.25, 0.3) is 0 Å². The third-order valence-electron chi connectivity index (χ3n) is 3.45. The average molecular weight is 288 g/mol. The van der Waals surface area contributed by atoms with Crippen molar-refractivity contribution in [2.24, 2.45) is 0 Å². The zero-order valence-electron chi connectivity index (χ0n) is 10.9. The van der Waals surface area contributed by atoms with E-state index in [0.29, 0.717) is 11.3 Å². The number of halogens is 1. The van der Waals surface area contributed by atoms with Crippen LogP contribution in [0.15, 0.2) is 47.4 Å². The van der Waals surface area contributed by atoms with Gasteiger partial charge in [0.05, 0.1) is 13.0 Å². The van der Waals surface area contributed by atoms with Crippen LogP contribution < -0.4 is 4.74 Å². The summed E-state index contributed by atoms with van der Waals surface area (Å²) in [4.78, 5) is 13.7. The number of carbonyl (C=O) groups is 1. The van der Waals surface area contributed by atoms with Gasteiger partial charge in [-0.25, -0.2) is 4.39 Å². The topological polar surface area (TPSA) is 26.3 Å². The number of ketones is 1. The smallest absolute Gasteiger partial charge is 0.171 e. The number of carbonyl (C=O) groups excluding carboxylic acids is 1. The van der Waals surface area contributed by atoms with Crippen LogP contribution in [0.5, 0.6) is 5.75 Å². The third-order valence-corrected chi connectivity index (χ3v) is 4.64. The normalized spacial score (nSPS) is 16.8. The molecule has 0 aromatic heterocycles. The molecule has 0 N–H and O–H groups in total. The van der Waals surface area contributed by atoms with Crippen LogP contribution in [0.25, 0.3) is 0 Å². The van der Waals surface area contributed by atoms with E-state index in [9.17, 15) is 9.18 Å². The first-order chi connectivity index (χ1) is 9.70. The molecule has 2 aromatic carbocycles. The number of rotatable bonds is 3. The van der Waals surface area contributed by atoms with Crippen molar-refractivity contribution < 1.29 is 13.9 Å². The van der Waals surface area contributed by atoms with Gasteiger partial charge in [0.2, 0.25) is 0 Å². The number of hydrogen-bond donors (Lipinski definition) is 0. The third kappa shape index (κ3) is 2.20. The summed E-state index contributed by atoms with van der Waals surface area (Å²) in [6, 6.07) is 12.3. The molecule has 0 spiro atoms. The minimum atomic E-state index is -0.503. The van der Waals surface area contributed by atoms with E-state index in [1.54, 1.807) is 17.8 Å². The van der Waals surface area contributed by atoms with Gasteiger partial charge in [0, 0.05) is 16.2 Å². The molecule has 2 nitrogen and oxygen atoms in total. The molecular formula is C16H13FO2S. The molecule has 0 aliphatic carbocycles. The first-order valence-electron chi connectivity index (χ1n) is 6.30. The highest BCUT2D eigenvalue weighted by Gasteiger charge is 2.29. The van der Waals surface area contributed by atoms with E-state index in [0.717, 1.165) is 10.5 Å². The summed E-state index contributed by atoms with van der Waals surface area (Å²) in [5.74, 6) is 0.138. The van der Waals surface area contributed by atoms with Gasteiger partial charge in [-0.05, 0) is 29.8 Å². The largest absolute Gasteiger partial charge is 0.494 e. The quantitative estimate of drug-likeness (QED) is 0.801. The number of Topliss-reactive ketones (excluding diaryl/α,β-unsaturated/α-hetero) is 1. The molecule has 3 rings (SSSR count). The molecule has 4 heteroatoms. The summed E-state index contributed by atoms with van der Waals surface area (Å²) >= 11 is 1.67. The van der Waals surface area contributed by atoms with E-state index < -0.39 is 5.82 Å². The summed E-state index contributed by atoms with van der Waals surface area (Å²) in [5.41, 5.74) is 1.43. The Kier molecular flexibility index (Phi) is 3.49. The van der Waals surface area contributed by atoms with Crippen LogP contribution in [0, 0.1) is 5.82 Å². The lowest BCUT2D eigenvalue weighted by Gasteiger charge is -2.10. The minimum absolute atomic E-state index is 0.0380. The summed E-state index contributed by atoms with van der Waals surface area (Å²) in [6.07, 6.45) is 0. The molecule has 0 bridgehead atoms. The molecule has 0 saturated carbocycles. The van der Waals surface area contributed by atoms with Crippen LogP contribution in [0.1, 0.15) is 21.8 Å². The lowest BCUT2D eigenvalue weighted by molar-refractivity contribution is 0.0968. The highest BCUT2D eigenvalue weighted by molar-refractivity contribution is 7.99. The van der Waals surface area contributed by atoms with Crippen LogP contribution in [0.4, 0.5) is 4.39 Å². The number of benzene rings is 2. The van der Waals surface area contributed by atoms with Crippen LogP contribution in [-0.4, -0.2) is 18.6 Å². The second-order valence-corrected chi connectivity index (χ2v) is 5.68. The summed E-state index contributed by atoms with van der Waals surface area (Å²) in [7, 11) is 1.41.